The number of carboxylic acid groups (broad SMARTS) is 1. The van der Waals surface area contributed by atoms with Crippen molar-refractivity contribution in [2.75, 3.05) is 26.4 Å². The van der Waals surface area contributed by atoms with Crippen molar-refractivity contribution in [2.24, 2.45) is 0 Å². The molecule has 0 saturated carbocycles. The first-order valence-electron chi connectivity index (χ1n) is 14.6. The molecular formula is C29H39ClN6O9. The zero-order valence-corrected chi connectivity index (χ0v) is 25.4. The van der Waals surface area contributed by atoms with Gasteiger partial charge in [0.2, 0.25) is 11.8 Å². The summed E-state index contributed by atoms with van der Waals surface area (Å²) in [6.07, 6.45) is 2.96. The van der Waals surface area contributed by atoms with Crippen LogP contribution in [0.5, 0.6) is 0 Å². The van der Waals surface area contributed by atoms with Crippen molar-refractivity contribution in [2.45, 2.75) is 81.5 Å². The summed E-state index contributed by atoms with van der Waals surface area (Å²) in [5, 5.41) is 51.0. The Hall–Kier alpha value is -3.65. The highest BCUT2D eigenvalue weighted by Gasteiger charge is 2.52. The van der Waals surface area contributed by atoms with E-state index in [1.165, 1.54) is 0 Å². The first-order valence-corrected chi connectivity index (χ1v) is 15.0. The lowest BCUT2D eigenvalue weighted by molar-refractivity contribution is -0.296. The Morgan fingerprint density at radius 2 is 1.87 bits per heavy atom. The number of terminal acetylenes is 1. The number of tetrazole rings is 1. The number of ether oxygens (including phenoxy) is 3. The first kappa shape index (κ1) is 35.8. The summed E-state index contributed by atoms with van der Waals surface area (Å²) in [6, 6.07) is 5.74. The van der Waals surface area contributed by atoms with E-state index < -0.39 is 47.9 Å². The third-order valence-corrected chi connectivity index (χ3v) is 7.36. The number of carbonyl (C=O) groups is 3. The summed E-state index contributed by atoms with van der Waals surface area (Å²) in [6.45, 7) is 0.454. The topological polar surface area (TPSA) is 218 Å². The molecule has 0 radical (unpaired) electrons. The van der Waals surface area contributed by atoms with E-state index in [2.05, 4.69) is 37.2 Å². The number of benzene rings is 1. The number of amides is 2. The van der Waals surface area contributed by atoms with Gasteiger partial charge in [0.1, 0.15) is 18.8 Å². The summed E-state index contributed by atoms with van der Waals surface area (Å²) in [5.41, 5.74) is 0.688. The predicted molar refractivity (Wildman–Crippen MR) is 159 cm³/mol. The van der Waals surface area contributed by atoms with Crippen molar-refractivity contribution < 1.29 is 43.9 Å². The fourth-order valence-electron chi connectivity index (χ4n) is 4.75. The number of halogens is 1. The number of carbonyl (C=O) groups excluding carboxylic acids is 2. The highest BCUT2D eigenvalue weighted by atomic mass is 35.5. The number of aliphatic hydroxyl groups excluding tert-OH is 2. The van der Waals surface area contributed by atoms with E-state index in [4.69, 9.17) is 32.2 Å². The van der Waals surface area contributed by atoms with E-state index in [0.717, 1.165) is 19.3 Å². The maximum Gasteiger partial charge on any atom is 0.364 e. The van der Waals surface area contributed by atoms with E-state index in [1.54, 1.807) is 24.3 Å². The molecule has 2 aromatic rings. The van der Waals surface area contributed by atoms with Crippen molar-refractivity contribution in [1.29, 1.82) is 0 Å². The summed E-state index contributed by atoms with van der Waals surface area (Å²) in [5.74, 6) is -1.99. The molecule has 15 nitrogen and oxygen atoms in total. The van der Waals surface area contributed by atoms with Crippen LogP contribution in [0, 0.1) is 12.3 Å². The van der Waals surface area contributed by atoms with Gasteiger partial charge < -0.3 is 40.2 Å². The number of aromatic amines is 1. The van der Waals surface area contributed by atoms with Crippen LogP contribution in [0.2, 0.25) is 5.02 Å². The lowest BCUT2D eigenvalue weighted by Crippen LogP contribution is -2.63. The number of carboxylic acids is 1. The summed E-state index contributed by atoms with van der Waals surface area (Å²) >= 11 is 5.88. The molecular weight excluding hydrogens is 612 g/mol. The van der Waals surface area contributed by atoms with Crippen molar-refractivity contribution in [3.05, 3.63) is 40.7 Å². The molecule has 1 aliphatic rings. The Bertz CT molecular complexity index is 1260. The number of aliphatic carboxylic acids is 1. The molecule has 6 N–H and O–H groups in total. The highest BCUT2D eigenvalue weighted by molar-refractivity contribution is 6.30. The van der Waals surface area contributed by atoms with Gasteiger partial charge in [-0.05, 0) is 37.0 Å². The molecule has 16 heteroatoms. The van der Waals surface area contributed by atoms with E-state index in [-0.39, 0.29) is 51.3 Å². The fraction of sp³-hybridized carbons (Fsp3) is 0.586. The Morgan fingerprint density at radius 1 is 1.13 bits per heavy atom. The van der Waals surface area contributed by atoms with Crippen LogP contribution in [-0.2, 0) is 41.4 Å². The van der Waals surface area contributed by atoms with Crippen LogP contribution < -0.4 is 10.6 Å². The third kappa shape index (κ3) is 11.7. The molecule has 0 aliphatic carbocycles. The second-order valence-corrected chi connectivity index (χ2v) is 11.0. The number of H-pyrrole nitrogens is 1. The molecule has 1 aliphatic heterocycles. The molecule has 0 bridgehead atoms. The highest BCUT2D eigenvalue weighted by Crippen LogP contribution is 2.33. The van der Waals surface area contributed by atoms with Gasteiger partial charge in [-0.2, -0.15) is 5.21 Å². The van der Waals surface area contributed by atoms with Gasteiger partial charge in [-0.3, -0.25) is 9.59 Å². The van der Waals surface area contributed by atoms with Gasteiger partial charge >= 0.3 is 5.97 Å². The molecule has 0 spiro atoms. The zero-order valence-electron chi connectivity index (χ0n) is 24.7. The SMILES string of the molecule is C#CCOCCCCCCO[C@]1(C(=O)O)CC[C@@H](NC(=O)Cc2nn[nH]n2)[C@H]([C@H](O)[C@H](O)CNC(=O)Cc2ccc(Cl)cc2)O1. The Labute approximate surface area is 265 Å². The van der Waals surface area contributed by atoms with Crippen LogP contribution in [-0.4, -0.2) is 110 Å². The quantitative estimate of drug-likeness (QED) is 0.0884. The number of aromatic nitrogens is 4. The number of hydrogen-bond acceptors (Lipinski definition) is 11. The average molecular weight is 651 g/mol. The number of aliphatic hydroxyl groups is 2. The lowest BCUT2D eigenvalue weighted by Gasteiger charge is -2.44. The standard InChI is InChI=1S/C29H39ClN6O9/c1-2-13-43-14-5-3-4-6-15-44-29(28(41)42)12-11-21(32-25(39)17-23-33-35-36-34-23)27(45-29)26(40)22(37)18-31-24(38)16-19-7-9-20(30)10-8-19/h1,7-10,21-22,26-27,37,40H,3-6,11-18H2,(H,31,38)(H,32,39)(H,41,42)(H,33,34,35,36)/t21-,22-,26-,27-,29-/m1/s1. The average Bonchev–Trinajstić information content (AvgIpc) is 3.53. The molecule has 1 saturated heterocycles. The van der Waals surface area contributed by atoms with E-state index in [0.29, 0.717) is 23.6 Å². The van der Waals surface area contributed by atoms with Gasteiger partial charge in [0.05, 0.1) is 31.6 Å². The maximum atomic E-state index is 12.7. The van der Waals surface area contributed by atoms with Crippen LogP contribution in [0.15, 0.2) is 24.3 Å². The monoisotopic (exact) mass is 650 g/mol. The van der Waals surface area contributed by atoms with Gasteiger partial charge in [-0.25, -0.2) is 4.79 Å². The minimum atomic E-state index is -2.13. The number of nitrogens with zero attached hydrogens (tertiary/aromatic N) is 3. The normalized spacial score (nSPS) is 20.9. The molecule has 0 unspecified atom stereocenters. The van der Waals surface area contributed by atoms with Gasteiger partial charge in [0.15, 0.2) is 5.82 Å². The van der Waals surface area contributed by atoms with Gasteiger partial charge in [-0.15, -0.1) is 16.6 Å². The second kappa shape index (κ2) is 18.4. The third-order valence-electron chi connectivity index (χ3n) is 7.11. The van der Waals surface area contributed by atoms with Crippen molar-refractivity contribution in [3.8, 4) is 12.3 Å². The Morgan fingerprint density at radius 3 is 2.53 bits per heavy atom. The summed E-state index contributed by atoms with van der Waals surface area (Å²) in [4.78, 5) is 37.6. The molecule has 3 rings (SSSR count). The van der Waals surface area contributed by atoms with E-state index >= 15 is 0 Å². The molecule has 2 heterocycles. The van der Waals surface area contributed by atoms with Crippen molar-refractivity contribution in [1.82, 2.24) is 31.3 Å². The minimum Gasteiger partial charge on any atom is -0.477 e. The molecule has 2 amide bonds. The van der Waals surface area contributed by atoms with Gasteiger partial charge in [0, 0.05) is 24.6 Å². The maximum absolute atomic E-state index is 12.7. The summed E-state index contributed by atoms with van der Waals surface area (Å²) < 4.78 is 16.9. The fourth-order valence-corrected chi connectivity index (χ4v) is 4.88. The van der Waals surface area contributed by atoms with Gasteiger partial charge in [-0.1, -0.05) is 47.7 Å². The minimum absolute atomic E-state index is 0.00255. The van der Waals surface area contributed by atoms with Crippen LogP contribution in [0.25, 0.3) is 0 Å². The molecule has 1 fully saturated rings. The number of nitrogens with one attached hydrogen (secondary N) is 3. The van der Waals surface area contributed by atoms with Crippen LogP contribution in [0.1, 0.15) is 49.9 Å². The van der Waals surface area contributed by atoms with Crippen LogP contribution in [0.3, 0.4) is 0 Å². The second-order valence-electron chi connectivity index (χ2n) is 10.5. The van der Waals surface area contributed by atoms with Crippen LogP contribution >= 0.6 is 11.6 Å². The predicted octanol–water partition coefficient (Wildman–Crippen LogP) is 0.148. The molecule has 1 aromatic carbocycles. The Kier molecular flexibility index (Phi) is 14.6. The van der Waals surface area contributed by atoms with Crippen LogP contribution in [0.4, 0.5) is 0 Å². The number of rotatable bonds is 19. The number of hydrogen-bond donors (Lipinski definition) is 6. The zero-order chi connectivity index (χ0) is 32.7. The molecule has 5 atom stereocenters. The molecule has 45 heavy (non-hydrogen) atoms. The van der Waals surface area contributed by atoms with Gasteiger partial charge in [0.25, 0.3) is 5.79 Å². The lowest BCUT2D eigenvalue weighted by atomic mass is 9.90. The first-order chi connectivity index (χ1) is 21.6. The molecule has 246 valence electrons. The van der Waals surface area contributed by atoms with Crippen molar-refractivity contribution in [3.63, 3.8) is 0 Å². The summed E-state index contributed by atoms with van der Waals surface area (Å²) in [7, 11) is 0. The van der Waals surface area contributed by atoms with E-state index in [1.807, 2.05) is 0 Å². The Balaban J connectivity index is 1.63. The number of unbranched alkanes of at least 4 members (excludes halogenated alkanes) is 3. The van der Waals surface area contributed by atoms with Crippen molar-refractivity contribution >= 4 is 29.4 Å². The smallest absolute Gasteiger partial charge is 0.364 e. The largest absolute Gasteiger partial charge is 0.477 e. The van der Waals surface area contributed by atoms with E-state index in [9.17, 15) is 29.7 Å². The molecule has 1 aromatic heterocycles.